The molecule has 0 saturated heterocycles. The van der Waals surface area contributed by atoms with Crippen molar-refractivity contribution < 1.29 is 326 Å². The minimum absolute atomic E-state index is 2.85. The molecule has 3 N–H and O–H groups in total. The first kappa shape index (κ1) is 56.1. The van der Waals surface area contributed by atoms with Gasteiger partial charge in [-0.2, -0.15) is 0 Å². The Kier molecular flexibility index (Phi) is 19.7. The minimum atomic E-state index is -8.79. The van der Waals surface area contributed by atoms with Crippen LogP contribution in [0.25, 0.3) is 0 Å². The van der Waals surface area contributed by atoms with E-state index in [1.54, 1.807) is 0 Å². The third kappa shape index (κ3) is 27.5. The maximum atomic E-state index is 12.8. The van der Waals surface area contributed by atoms with Crippen LogP contribution in [0.4, 0.5) is 0 Å². The van der Waals surface area contributed by atoms with Crippen molar-refractivity contribution in [3.8, 4) is 0 Å². The van der Waals surface area contributed by atoms with Crippen LogP contribution >= 0.6 is 7.82 Å². The normalized spacial score (nSPS) is 15.6. The summed E-state index contributed by atoms with van der Waals surface area (Å²) in [5.41, 5.74) is 0. The average Bonchev–Trinajstić information content (AvgIpc) is 2.58. The second-order valence-electron chi connectivity index (χ2n) is 6.24. The van der Waals surface area contributed by atoms with Crippen LogP contribution < -0.4 is 0 Å². The van der Waals surface area contributed by atoms with Gasteiger partial charge < -0.3 is 0 Å². The number of hydrogen-bond acceptors (Lipinski definition) is 37. The Labute approximate surface area is 327 Å². The van der Waals surface area contributed by atoms with Gasteiger partial charge in [-0.25, -0.2) is 0 Å². The summed E-state index contributed by atoms with van der Waals surface area (Å²) in [5, 5.41) is 0. The fraction of sp³-hybridized carbons (Fsp3) is 0. The second-order valence-corrected chi connectivity index (χ2v) is 56.1. The molecule has 0 aromatic heterocycles. The molecule has 53 heavy (non-hydrogen) atoms. The van der Waals surface area contributed by atoms with Gasteiger partial charge in [0.05, 0.1) is 0 Å². The summed E-state index contributed by atoms with van der Waals surface area (Å²) < 4.78 is 347. The van der Waals surface area contributed by atoms with Gasteiger partial charge in [0.25, 0.3) is 0 Å². The molecule has 0 aromatic carbocycles. The van der Waals surface area contributed by atoms with Gasteiger partial charge in [-0.1, -0.05) is 0 Å². The van der Waals surface area contributed by atoms with Crippen molar-refractivity contribution in [2.45, 2.75) is 0 Å². The van der Waals surface area contributed by atoms with Gasteiger partial charge in [0, 0.05) is 0 Å². The number of rotatable bonds is 24. The van der Waals surface area contributed by atoms with Crippen LogP contribution in [-0.4, -0.2) is 11.3 Å². The van der Waals surface area contributed by atoms with E-state index >= 15 is 0 Å². The Morgan fingerprint density at radius 1 is 0.245 bits per heavy atom. The monoisotopic (exact) mass is 1850 g/mol. The van der Waals surface area contributed by atoms with Gasteiger partial charge >= 0.3 is 334 Å². The fourth-order valence-corrected chi connectivity index (χ4v) is 60.4. The van der Waals surface area contributed by atoms with Crippen molar-refractivity contribution in [1.82, 2.24) is 0 Å². The first-order valence-corrected chi connectivity index (χ1v) is 49.8. The van der Waals surface area contributed by atoms with Gasteiger partial charge in [0.1, 0.15) is 0 Å². The van der Waals surface area contributed by atoms with Crippen LogP contribution in [0.3, 0.4) is 0 Å². The van der Waals surface area contributed by atoms with Crippen molar-refractivity contribution in [1.29, 1.82) is 0 Å². The molecule has 0 spiro atoms. The van der Waals surface area contributed by atoms with Gasteiger partial charge in [-0.3, -0.25) is 0 Å². The van der Waals surface area contributed by atoms with Gasteiger partial charge in [-0.15, -0.1) is 0 Å². The first-order valence-electron chi connectivity index (χ1n) is 8.78. The summed E-state index contributed by atoms with van der Waals surface area (Å²) in [7, 11) is -7.91. The van der Waals surface area contributed by atoms with Crippen LogP contribution in [0.2, 0.25) is 0 Å². The zero-order valence-corrected chi connectivity index (χ0v) is 46.8. The topological polar surface area (TPSA) is 598 Å². The third-order valence-corrected chi connectivity index (χ3v) is 62.5. The van der Waals surface area contributed by atoms with Crippen LogP contribution in [0.1, 0.15) is 0 Å². The Balaban J connectivity index is 7.01. The van der Waals surface area contributed by atoms with Crippen molar-refractivity contribution in [2.24, 2.45) is 0 Å². The summed E-state index contributed by atoms with van der Waals surface area (Å²) in [6, 6.07) is 0. The van der Waals surface area contributed by atoms with Crippen LogP contribution in [-0.2, 0) is 315 Å². The molecule has 0 saturated carbocycles. The molecule has 0 aliphatic carbocycles. The van der Waals surface area contributed by atoms with E-state index < -0.39 is 209 Å². The van der Waals surface area contributed by atoms with Crippen molar-refractivity contribution >= 4 is 7.82 Å². The molecule has 0 unspecified atom stereocenters. The average molecular weight is 1830 g/mol. The molecule has 0 heterocycles. The molecule has 0 amide bonds. The number of phosphoric acid groups is 1. The van der Waals surface area contributed by atoms with E-state index in [2.05, 4.69) is 27.9 Å². The van der Waals surface area contributed by atoms with Crippen molar-refractivity contribution in [3.05, 3.63) is 0 Å². The quantitative estimate of drug-likeness (QED) is 0.0604. The van der Waals surface area contributed by atoms with Crippen molar-refractivity contribution in [3.63, 3.8) is 0 Å². The van der Waals surface area contributed by atoms with Crippen LogP contribution in [0.5, 0.6) is 0 Å². The fourth-order valence-electron chi connectivity index (χ4n) is 1.41. The molecular weight excluding hydrogens is 1820 g/mol. The van der Waals surface area contributed by atoms with E-state index in [0.717, 1.165) is 0 Å². The Hall–Kier alpha value is 3.09. The Morgan fingerprint density at radius 2 is 0.377 bits per heavy atom. The molecule has 0 fully saturated rings. The van der Waals surface area contributed by atoms with Gasteiger partial charge in [0.2, 0.25) is 0 Å². The van der Waals surface area contributed by atoms with E-state index in [4.69, 9.17) is 11.3 Å². The molecule has 40 nitrogen and oxygen atoms in total. The van der Waals surface area contributed by atoms with E-state index in [9.17, 15) is 86.1 Å². The first-order chi connectivity index (χ1) is 22.5. The number of hydrogen-bond donors (Lipinski definition) is 3. The van der Waals surface area contributed by atoms with Crippen LogP contribution in [0, 0.1) is 0 Å². The standard InChI is InChI=1S/12Mo.H3O4P.3H2O.33O/c;;;;;;;;;;;;1-5(2,3)4;;;;;;;;;;;;;;;;;;;;;;;;;;;;;;;;;;;;/h;;;;;;;;;;;;(H3,1,2,3,4);3*1H2;;;;;;;;;;;;;;;;;;;;;;;;;;;;;;;;;/q;;;;;;6*+1;;;;;;;;;;;;;;;;;;;;;;;;;;;;;;;;;;;;;/p-6. The van der Waals surface area contributed by atoms with Gasteiger partial charge in [0.15, 0.2) is 0 Å². The summed E-state index contributed by atoms with van der Waals surface area (Å²) >= 11 is -97.4. The molecule has 0 aromatic rings. The molecule has 53 heteroatoms. The zero-order chi connectivity index (χ0) is 43.0. The zero-order valence-electron chi connectivity index (χ0n) is 21.8. The summed E-state index contributed by atoms with van der Waals surface area (Å²) in [5.74, 6) is 0. The van der Waals surface area contributed by atoms with E-state index in [0.29, 0.717) is 0 Å². The summed E-state index contributed by atoms with van der Waals surface area (Å²) in [6.07, 6.45) is 0. The summed E-state index contributed by atoms with van der Waals surface area (Å²) in [4.78, 5) is 0. The SMILES string of the molecule is O=P([O][Mo](=[O])(=[O])[O][Mo](=[O])(=[O])[O][Mo](=[O])(=[O])[O][Mo](=[O])(=[O])[OH])([O][Mo](=[O])(=[O])[O][Mo](=[O])(=[O])[O][Mo](=[O])(=[O])[O][Mo](=[O])(=[O])[OH])[O][Mo](=[O])(=[O])[O][Mo](=[O])(=[O])[O][Mo](=[O])(=[O])[O][Mo](=[O])(=[O])[OH]. The van der Waals surface area contributed by atoms with Crippen molar-refractivity contribution in [2.75, 3.05) is 0 Å². The van der Waals surface area contributed by atoms with Gasteiger partial charge in [-0.05, 0) is 0 Å². The second kappa shape index (κ2) is 18.6. The molecule has 0 atom stereocenters. The molecule has 0 bridgehead atoms. The van der Waals surface area contributed by atoms with E-state index in [-0.39, 0.29) is 0 Å². The predicted molar refractivity (Wildman–Crippen MR) is 43.8 cm³/mol. The molecule has 0 aliphatic heterocycles. The molecule has 0 radical (unpaired) electrons. The van der Waals surface area contributed by atoms with E-state index in [1.165, 1.54) is 0 Å². The van der Waals surface area contributed by atoms with Crippen LogP contribution in [0.15, 0.2) is 0 Å². The van der Waals surface area contributed by atoms with E-state index in [1.807, 2.05) is 0 Å². The Morgan fingerprint density at radius 3 is 0.528 bits per heavy atom. The Bertz CT molecular complexity index is 2510. The predicted octanol–water partition coefficient (Wildman–Crippen LogP) is -4.63. The maximum absolute atomic E-state index is 12.8. The summed E-state index contributed by atoms with van der Waals surface area (Å²) in [6.45, 7) is 0. The molecule has 320 valence electrons. The molecular formula is H3Mo12O40P. The molecule has 0 rings (SSSR count). The third-order valence-electron chi connectivity index (χ3n) is 2.06. The molecule has 0 aliphatic rings.